The Kier molecular flexibility index (Phi) is 3.98. The Labute approximate surface area is 120 Å². The minimum atomic E-state index is -0.407. The molecule has 0 saturated carbocycles. The number of nitrogens with zero attached hydrogens (tertiary/aromatic N) is 1. The molecule has 1 heterocycles. The van der Waals surface area contributed by atoms with Crippen molar-refractivity contribution in [3.8, 4) is 11.8 Å². The third-order valence-corrected chi connectivity index (χ3v) is 2.67. The van der Waals surface area contributed by atoms with E-state index in [9.17, 15) is 0 Å². The number of nitrogens with two attached hydrogens (primary N) is 1. The van der Waals surface area contributed by atoms with Gasteiger partial charge in [-0.1, -0.05) is 11.8 Å². The maximum atomic E-state index is 5.59. The van der Waals surface area contributed by atoms with Crippen molar-refractivity contribution in [3.63, 3.8) is 0 Å². The maximum Gasteiger partial charge on any atom is 0.213 e. The first kappa shape index (κ1) is 14.4. The van der Waals surface area contributed by atoms with Gasteiger partial charge in [0.25, 0.3) is 0 Å². The van der Waals surface area contributed by atoms with E-state index in [0.29, 0.717) is 5.96 Å². The largest absolute Gasteiger partial charge is 0.325 e. The first-order chi connectivity index (χ1) is 9.33. The lowest BCUT2D eigenvalue weighted by Gasteiger charge is -2.09. The molecule has 5 N–H and O–H groups in total. The van der Waals surface area contributed by atoms with Crippen LogP contribution in [0.5, 0.6) is 0 Å². The molecule has 0 aromatic heterocycles. The molecule has 1 aliphatic rings. The molecule has 0 aliphatic carbocycles. The average Bonchev–Trinajstić information content (AvgIpc) is 2.72. The zero-order chi connectivity index (χ0) is 14.8. The summed E-state index contributed by atoms with van der Waals surface area (Å²) in [6, 6.07) is 6.04. The van der Waals surface area contributed by atoms with Crippen molar-refractivity contribution in [2.45, 2.75) is 34.0 Å². The molecular formula is C15H21N5. The predicted octanol–water partition coefficient (Wildman–Crippen LogP) is 1.51. The van der Waals surface area contributed by atoms with Crippen LogP contribution in [0, 0.1) is 24.2 Å². The second-order valence-electron chi connectivity index (χ2n) is 5.85. The van der Waals surface area contributed by atoms with Crippen LogP contribution in [0.2, 0.25) is 0 Å². The summed E-state index contributed by atoms with van der Waals surface area (Å²) in [5.74, 6) is 7.09. The van der Waals surface area contributed by atoms with Crippen LogP contribution in [-0.2, 0) is 0 Å². The van der Waals surface area contributed by atoms with Gasteiger partial charge in [0.05, 0.1) is 0 Å². The Morgan fingerprint density at radius 2 is 2.10 bits per heavy atom. The standard InChI is InChI=1S/C15H21N5/c1-10-9-12(17-14-18-13(16)19-20-14)6-5-11(10)7-8-15(2,3)4/h5-6,9,13,19H,16H2,1-4H3,(H2,17,18,20). The highest BCUT2D eigenvalue weighted by molar-refractivity contribution is 5.94. The first-order valence-corrected chi connectivity index (χ1v) is 6.59. The third kappa shape index (κ3) is 3.98. The number of hydrazine groups is 1. The van der Waals surface area contributed by atoms with Gasteiger partial charge in [0, 0.05) is 16.7 Å². The number of guanidine groups is 1. The Hall–Kier alpha value is -2.03. The molecule has 0 fully saturated rings. The van der Waals surface area contributed by atoms with E-state index in [2.05, 4.69) is 53.8 Å². The number of aliphatic imine (C=N–C) groups is 1. The molecule has 1 aromatic carbocycles. The quantitative estimate of drug-likeness (QED) is 0.584. The van der Waals surface area contributed by atoms with Gasteiger partial charge in [0.15, 0.2) is 6.29 Å². The van der Waals surface area contributed by atoms with Gasteiger partial charge in [-0.3, -0.25) is 11.2 Å². The molecule has 5 nitrogen and oxygen atoms in total. The Balaban J connectivity index is 2.13. The SMILES string of the molecule is Cc1cc(NC2=NC(N)NN2)ccc1C#CC(C)(C)C. The molecule has 1 atom stereocenters. The second-order valence-corrected chi connectivity index (χ2v) is 5.85. The highest BCUT2D eigenvalue weighted by Crippen LogP contribution is 2.16. The molecule has 106 valence electrons. The second kappa shape index (κ2) is 5.53. The highest BCUT2D eigenvalue weighted by atomic mass is 15.6. The fourth-order valence-electron chi connectivity index (χ4n) is 1.68. The van der Waals surface area contributed by atoms with Gasteiger partial charge < -0.3 is 5.32 Å². The summed E-state index contributed by atoms with van der Waals surface area (Å²) in [5, 5.41) is 3.16. The fraction of sp³-hybridized carbons (Fsp3) is 0.400. The molecular weight excluding hydrogens is 250 g/mol. The van der Waals surface area contributed by atoms with Gasteiger partial charge in [-0.05, 0) is 51.5 Å². The molecule has 1 aromatic rings. The maximum absolute atomic E-state index is 5.59. The molecule has 1 aliphatic heterocycles. The van der Waals surface area contributed by atoms with E-state index in [4.69, 9.17) is 5.73 Å². The van der Waals surface area contributed by atoms with Crippen LogP contribution in [0.1, 0.15) is 31.9 Å². The van der Waals surface area contributed by atoms with E-state index in [0.717, 1.165) is 16.8 Å². The van der Waals surface area contributed by atoms with Gasteiger partial charge in [-0.15, -0.1) is 0 Å². The lowest BCUT2D eigenvalue weighted by molar-refractivity contribution is 0.567. The fourth-order valence-corrected chi connectivity index (χ4v) is 1.68. The number of benzene rings is 1. The van der Waals surface area contributed by atoms with Crippen molar-refractivity contribution in [1.82, 2.24) is 10.9 Å². The molecule has 0 amide bonds. The number of nitrogens with one attached hydrogen (secondary N) is 3. The topological polar surface area (TPSA) is 74.5 Å². The molecule has 0 spiro atoms. The van der Waals surface area contributed by atoms with E-state index in [1.807, 2.05) is 25.1 Å². The monoisotopic (exact) mass is 271 g/mol. The van der Waals surface area contributed by atoms with Gasteiger partial charge in [-0.2, -0.15) is 5.43 Å². The van der Waals surface area contributed by atoms with Gasteiger partial charge in [-0.25, -0.2) is 4.99 Å². The van der Waals surface area contributed by atoms with Gasteiger partial charge in [0.1, 0.15) is 0 Å². The summed E-state index contributed by atoms with van der Waals surface area (Å²) in [6.07, 6.45) is -0.407. The summed E-state index contributed by atoms with van der Waals surface area (Å²) in [7, 11) is 0. The minimum absolute atomic E-state index is 0.00761. The number of anilines is 1. The van der Waals surface area contributed by atoms with Crippen molar-refractivity contribution in [3.05, 3.63) is 29.3 Å². The number of hydrogen-bond acceptors (Lipinski definition) is 5. The van der Waals surface area contributed by atoms with Crippen LogP contribution in [0.15, 0.2) is 23.2 Å². The summed E-state index contributed by atoms with van der Waals surface area (Å²) >= 11 is 0. The first-order valence-electron chi connectivity index (χ1n) is 6.59. The van der Waals surface area contributed by atoms with E-state index < -0.39 is 6.29 Å². The van der Waals surface area contributed by atoms with Gasteiger partial charge >= 0.3 is 0 Å². The van der Waals surface area contributed by atoms with Crippen molar-refractivity contribution in [2.24, 2.45) is 16.1 Å². The summed E-state index contributed by atoms with van der Waals surface area (Å²) in [4.78, 5) is 4.14. The van der Waals surface area contributed by atoms with Crippen LogP contribution < -0.4 is 21.9 Å². The average molecular weight is 271 g/mol. The summed E-state index contributed by atoms with van der Waals surface area (Å²) in [5.41, 5.74) is 14.4. The minimum Gasteiger partial charge on any atom is -0.325 e. The summed E-state index contributed by atoms with van der Waals surface area (Å²) < 4.78 is 0. The summed E-state index contributed by atoms with van der Waals surface area (Å²) in [6.45, 7) is 8.36. The smallest absolute Gasteiger partial charge is 0.213 e. The lowest BCUT2D eigenvalue weighted by Crippen LogP contribution is -2.41. The highest BCUT2D eigenvalue weighted by Gasteiger charge is 2.11. The molecule has 0 saturated heterocycles. The zero-order valence-electron chi connectivity index (χ0n) is 12.3. The molecule has 0 radical (unpaired) electrons. The van der Waals surface area contributed by atoms with Crippen molar-refractivity contribution in [1.29, 1.82) is 0 Å². The molecule has 5 heteroatoms. The van der Waals surface area contributed by atoms with E-state index >= 15 is 0 Å². The number of aryl methyl sites for hydroxylation is 1. The Morgan fingerprint density at radius 1 is 1.35 bits per heavy atom. The van der Waals surface area contributed by atoms with Crippen LogP contribution in [0.4, 0.5) is 5.69 Å². The molecule has 0 bridgehead atoms. The zero-order valence-corrected chi connectivity index (χ0v) is 12.3. The number of rotatable bonds is 1. The van der Waals surface area contributed by atoms with Crippen molar-refractivity contribution >= 4 is 11.6 Å². The van der Waals surface area contributed by atoms with Crippen LogP contribution >= 0.6 is 0 Å². The van der Waals surface area contributed by atoms with Crippen molar-refractivity contribution < 1.29 is 0 Å². The Bertz CT molecular complexity index is 587. The molecule has 20 heavy (non-hydrogen) atoms. The predicted molar refractivity (Wildman–Crippen MR) is 82.8 cm³/mol. The van der Waals surface area contributed by atoms with E-state index in [1.165, 1.54) is 0 Å². The molecule has 1 unspecified atom stereocenters. The normalized spacial score (nSPS) is 17.9. The third-order valence-electron chi connectivity index (χ3n) is 2.67. The van der Waals surface area contributed by atoms with Crippen molar-refractivity contribution in [2.75, 3.05) is 5.32 Å². The van der Waals surface area contributed by atoms with Crippen LogP contribution in [0.3, 0.4) is 0 Å². The van der Waals surface area contributed by atoms with E-state index in [-0.39, 0.29) is 5.41 Å². The number of hydrogen-bond donors (Lipinski definition) is 4. The molecule has 2 rings (SSSR count). The van der Waals surface area contributed by atoms with Gasteiger partial charge in [0.2, 0.25) is 5.96 Å². The lowest BCUT2D eigenvalue weighted by atomic mass is 9.97. The Morgan fingerprint density at radius 3 is 2.65 bits per heavy atom. The van der Waals surface area contributed by atoms with Crippen LogP contribution in [0.25, 0.3) is 0 Å². The van der Waals surface area contributed by atoms with E-state index in [1.54, 1.807) is 0 Å². The van der Waals surface area contributed by atoms with Crippen LogP contribution in [-0.4, -0.2) is 12.2 Å².